The lowest BCUT2D eigenvalue weighted by Crippen LogP contribution is -2.38. The second-order valence-electron chi connectivity index (χ2n) is 5.02. The molecule has 1 saturated heterocycles. The minimum absolute atomic E-state index is 0.0130. The number of aliphatic hydroxyl groups excluding tert-OH is 1. The molecule has 21 heavy (non-hydrogen) atoms. The summed E-state index contributed by atoms with van der Waals surface area (Å²) in [6.07, 6.45) is 0.831. The van der Waals surface area contributed by atoms with E-state index in [-0.39, 0.29) is 31.6 Å². The van der Waals surface area contributed by atoms with E-state index < -0.39 is 5.82 Å². The number of carbonyl (C=O) groups excluding carboxylic acids is 1. The van der Waals surface area contributed by atoms with Gasteiger partial charge in [-0.15, -0.1) is 0 Å². The summed E-state index contributed by atoms with van der Waals surface area (Å²) in [7, 11) is 1.72. The molecule has 1 heterocycles. The summed E-state index contributed by atoms with van der Waals surface area (Å²) in [5.41, 5.74) is 0.335. The fourth-order valence-electron chi connectivity index (χ4n) is 2.24. The molecule has 1 N–H and O–H groups in total. The Morgan fingerprint density at radius 1 is 1.57 bits per heavy atom. The molecule has 1 atom stereocenters. The molecule has 1 aliphatic rings. The first kappa shape index (κ1) is 15.7. The third-order valence-electron chi connectivity index (χ3n) is 3.57. The van der Waals surface area contributed by atoms with Crippen LogP contribution >= 0.6 is 0 Å². The quantitative estimate of drug-likeness (QED) is 0.850. The van der Waals surface area contributed by atoms with Crippen molar-refractivity contribution in [3.05, 3.63) is 29.6 Å². The highest BCUT2D eigenvalue weighted by molar-refractivity contribution is 5.79. The van der Waals surface area contributed by atoms with Gasteiger partial charge < -0.3 is 19.5 Å². The van der Waals surface area contributed by atoms with Crippen LogP contribution in [0.15, 0.2) is 18.2 Å². The molecular weight excluding hydrogens is 277 g/mol. The Labute approximate surface area is 123 Å². The Bertz CT molecular complexity index is 489. The fourth-order valence-corrected chi connectivity index (χ4v) is 2.24. The first-order valence-electron chi connectivity index (χ1n) is 6.97. The third-order valence-corrected chi connectivity index (χ3v) is 3.57. The molecule has 0 radical (unpaired) electrons. The summed E-state index contributed by atoms with van der Waals surface area (Å²) >= 11 is 0. The lowest BCUT2D eigenvalue weighted by Gasteiger charge is -2.23. The number of amides is 1. The topological polar surface area (TPSA) is 59.0 Å². The van der Waals surface area contributed by atoms with E-state index in [0.29, 0.717) is 24.5 Å². The maximum absolute atomic E-state index is 13.9. The van der Waals surface area contributed by atoms with Crippen LogP contribution in [0.1, 0.15) is 12.0 Å². The molecule has 0 spiro atoms. The number of rotatable bonds is 6. The highest BCUT2D eigenvalue weighted by Gasteiger charge is 2.24. The Morgan fingerprint density at radius 2 is 2.38 bits per heavy atom. The second-order valence-corrected chi connectivity index (χ2v) is 5.02. The van der Waals surface area contributed by atoms with Crippen molar-refractivity contribution in [2.45, 2.75) is 18.9 Å². The van der Waals surface area contributed by atoms with Gasteiger partial charge in [-0.1, -0.05) is 6.07 Å². The summed E-state index contributed by atoms with van der Waals surface area (Å²) in [5.74, 6) is -0.265. The van der Waals surface area contributed by atoms with E-state index in [1.165, 1.54) is 6.07 Å². The zero-order valence-corrected chi connectivity index (χ0v) is 12.0. The van der Waals surface area contributed by atoms with E-state index in [0.717, 1.165) is 6.42 Å². The van der Waals surface area contributed by atoms with Crippen LogP contribution in [0.2, 0.25) is 0 Å². The first-order valence-corrected chi connectivity index (χ1v) is 6.97. The molecular formula is C15H20FNO4. The number of likely N-dealkylation sites (N-methyl/N-ethyl adjacent to an activating group) is 1. The molecule has 0 bridgehead atoms. The predicted octanol–water partition coefficient (Wildman–Crippen LogP) is 0.987. The van der Waals surface area contributed by atoms with Gasteiger partial charge in [0.05, 0.1) is 25.7 Å². The van der Waals surface area contributed by atoms with Gasteiger partial charge in [0.25, 0.3) is 0 Å². The molecule has 0 aromatic heterocycles. The highest BCUT2D eigenvalue weighted by atomic mass is 19.1. The summed E-state index contributed by atoms with van der Waals surface area (Å²) in [6, 6.07) is 4.45. The molecule has 2 rings (SSSR count). The third kappa shape index (κ3) is 4.15. The van der Waals surface area contributed by atoms with Crippen molar-refractivity contribution in [2.24, 2.45) is 0 Å². The van der Waals surface area contributed by atoms with Crippen molar-refractivity contribution in [3.8, 4) is 5.75 Å². The molecule has 1 fully saturated rings. The summed E-state index contributed by atoms with van der Waals surface area (Å²) in [5, 5.41) is 8.66. The van der Waals surface area contributed by atoms with E-state index in [4.69, 9.17) is 14.6 Å². The molecule has 5 nitrogen and oxygen atoms in total. The van der Waals surface area contributed by atoms with E-state index in [1.807, 2.05) is 0 Å². The van der Waals surface area contributed by atoms with Crippen LogP contribution in [-0.2, 0) is 16.0 Å². The molecule has 0 aliphatic carbocycles. The average Bonchev–Trinajstić information content (AvgIpc) is 3.01. The van der Waals surface area contributed by atoms with Crippen LogP contribution in [0, 0.1) is 5.82 Å². The summed E-state index contributed by atoms with van der Waals surface area (Å²) < 4.78 is 24.3. The largest absolute Gasteiger partial charge is 0.491 e. The number of carbonyl (C=O) groups is 1. The number of halogens is 1. The summed E-state index contributed by atoms with van der Waals surface area (Å²) in [4.78, 5) is 13.8. The van der Waals surface area contributed by atoms with Gasteiger partial charge in [0.1, 0.15) is 18.2 Å². The minimum Gasteiger partial charge on any atom is -0.491 e. The van der Waals surface area contributed by atoms with Gasteiger partial charge in [0, 0.05) is 19.7 Å². The van der Waals surface area contributed by atoms with Gasteiger partial charge in [-0.25, -0.2) is 4.39 Å². The SMILES string of the molecule is CN(C(=O)Cc1ccc(OCCO)cc1F)C1CCOC1. The highest BCUT2D eigenvalue weighted by Crippen LogP contribution is 2.19. The van der Waals surface area contributed by atoms with Crippen molar-refractivity contribution in [2.75, 3.05) is 33.5 Å². The molecule has 1 unspecified atom stereocenters. The zero-order chi connectivity index (χ0) is 15.2. The lowest BCUT2D eigenvalue weighted by atomic mass is 10.1. The van der Waals surface area contributed by atoms with Crippen LogP contribution < -0.4 is 4.74 Å². The van der Waals surface area contributed by atoms with Crippen LogP contribution in [0.4, 0.5) is 4.39 Å². The molecule has 6 heteroatoms. The monoisotopic (exact) mass is 297 g/mol. The maximum Gasteiger partial charge on any atom is 0.227 e. The van der Waals surface area contributed by atoms with E-state index in [1.54, 1.807) is 24.1 Å². The van der Waals surface area contributed by atoms with Gasteiger partial charge in [0.2, 0.25) is 5.91 Å². The van der Waals surface area contributed by atoms with E-state index >= 15 is 0 Å². The molecule has 1 aromatic rings. The van der Waals surface area contributed by atoms with Gasteiger partial charge in [-0.2, -0.15) is 0 Å². The maximum atomic E-state index is 13.9. The van der Waals surface area contributed by atoms with Crippen molar-refractivity contribution in [3.63, 3.8) is 0 Å². The Morgan fingerprint density at radius 3 is 3.00 bits per heavy atom. The smallest absolute Gasteiger partial charge is 0.227 e. The average molecular weight is 297 g/mol. The van der Waals surface area contributed by atoms with Gasteiger partial charge in [-0.3, -0.25) is 4.79 Å². The first-order chi connectivity index (χ1) is 10.1. The standard InChI is InChI=1S/C15H20FNO4/c1-17(12-4-6-20-10-12)15(19)8-11-2-3-13(9-14(11)16)21-7-5-18/h2-3,9,12,18H,4-8,10H2,1H3. The van der Waals surface area contributed by atoms with E-state index in [2.05, 4.69) is 0 Å². The van der Waals surface area contributed by atoms with Crippen molar-refractivity contribution < 1.29 is 23.8 Å². The number of benzene rings is 1. The number of aliphatic hydroxyl groups is 1. The minimum atomic E-state index is -0.477. The number of nitrogens with zero attached hydrogens (tertiary/aromatic N) is 1. The zero-order valence-electron chi connectivity index (χ0n) is 12.0. The second kappa shape index (κ2) is 7.38. The molecule has 1 amide bonds. The van der Waals surface area contributed by atoms with Crippen molar-refractivity contribution >= 4 is 5.91 Å². The van der Waals surface area contributed by atoms with Gasteiger partial charge in [0.15, 0.2) is 0 Å². The van der Waals surface area contributed by atoms with Crippen molar-refractivity contribution in [1.82, 2.24) is 4.90 Å². The molecule has 0 saturated carbocycles. The normalized spacial score (nSPS) is 17.8. The molecule has 1 aromatic carbocycles. The van der Waals surface area contributed by atoms with Crippen LogP contribution in [0.3, 0.4) is 0 Å². The predicted molar refractivity (Wildman–Crippen MR) is 74.7 cm³/mol. The van der Waals surface area contributed by atoms with Gasteiger partial charge in [-0.05, 0) is 18.1 Å². The number of ether oxygens (including phenoxy) is 2. The van der Waals surface area contributed by atoms with E-state index in [9.17, 15) is 9.18 Å². The Kier molecular flexibility index (Phi) is 5.52. The Balaban J connectivity index is 1.96. The molecule has 116 valence electrons. The van der Waals surface area contributed by atoms with Crippen LogP contribution in [-0.4, -0.2) is 55.4 Å². The van der Waals surface area contributed by atoms with Crippen LogP contribution in [0.25, 0.3) is 0 Å². The lowest BCUT2D eigenvalue weighted by molar-refractivity contribution is -0.131. The summed E-state index contributed by atoms with van der Waals surface area (Å²) in [6.45, 7) is 1.18. The number of hydrogen-bond donors (Lipinski definition) is 1. The number of hydrogen-bond acceptors (Lipinski definition) is 4. The Hall–Kier alpha value is -1.66. The van der Waals surface area contributed by atoms with Crippen molar-refractivity contribution in [1.29, 1.82) is 0 Å². The molecule has 1 aliphatic heterocycles. The fraction of sp³-hybridized carbons (Fsp3) is 0.533. The van der Waals surface area contributed by atoms with Gasteiger partial charge >= 0.3 is 0 Å². The van der Waals surface area contributed by atoms with Crippen LogP contribution in [0.5, 0.6) is 5.75 Å².